The number of ether oxygens (including phenoxy) is 8. The second-order valence-electron chi connectivity index (χ2n) is 29.7. The average molecular weight is 1620 g/mol. The molecule has 6 aromatic rings. The lowest BCUT2D eigenvalue weighted by Gasteiger charge is -2.49. The molecule has 0 aromatic heterocycles. The van der Waals surface area contributed by atoms with Crippen LogP contribution in [-0.2, 0) is 91.6 Å². The van der Waals surface area contributed by atoms with Gasteiger partial charge in [-0.2, -0.15) is 0 Å². The summed E-state index contributed by atoms with van der Waals surface area (Å²) in [5, 5.41) is 26.0. The first-order chi connectivity index (χ1) is 52.4. The van der Waals surface area contributed by atoms with Crippen LogP contribution in [0.4, 0.5) is 20.1 Å². The Bertz CT molecular complexity index is 4120. The van der Waals surface area contributed by atoms with Gasteiger partial charge in [0, 0.05) is 46.5 Å². The van der Waals surface area contributed by atoms with Crippen LogP contribution in [0, 0.1) is 27.9 Å². The van der Waals surface area contributed by atoms with Crippen LogP contribution in [0.25, 0.3) is 0 Å². The van der Waals surface area contributed by atoms with Crippen LogP contribution in [-0.4, -0.2) is 96.1 Å². The van der Waals surface area contributed by atoms with Crippen LogP contribution in [0.5, 0.6) is 23.0 Å². The molecule has 0 spiro atoms. The summed E-state index contributed by atoms with van der Waals surface area (Å²) in [6.45, 7) is 11.2. The van der Waals surface area contributed by atoms with Crippen molar-refractivity contribution in [1.29, 1.82) is 0 Å². The number of esters is 4. The number of carbonyl (C=O) groups is 8. The third-order valence-electron chi connectivity index (χ3n) is 22.1. The molecular weight excluding hydrogens is 1510 g/mol. The molecule has 6 aliphatic carbocycles. The van der Waals surface area contributed by atoms with E-state index in [2.05, 4.69) is 36.1 Å². The Balaban J connectivity index is 0.000000224. The van der Waals surface area contributed by atoms with Crippen molar-refractivity contribution in [3.63, 3.8) is 0 Å². The van der Waals surface area contributed by atoms with E-state index in [0.717, 1.165) is 112 Å². The third kappa shape index (κ3) is 24.8. The number of hydrogen-bond donors (Lipinski definition) is 5. The molecule has 3 saturated carbocycles. The number of hydrogen-bond acceptors (Lipinski definition) is 20. The smallest absolute Gasteiger partial charge is 0.481 e. The van der Waals surface area contributed by atoms with Crippen molar-refractivity contribution in [2.45, 2.75) is 223 Å². The monoisotopic (exact) mass is 1620 g/mol. The van der Waals surface area contributed by atoms with Crippen molar-refractivity contribution < 1.29 is 86.3 Å². The first kappa shape index (κ1) is 88.8. The van der Waals surface area contributed by atoms with Crippen LogP contribution in [0.1, 0.15) is 201 Å². The number of carbonyl (C=O) groups excluding carboxylic acids is 7. The van der Waals surface area contributed by atoms with Gasteiger partial charge in [-0.15, -0.1) is 29.4 Å². The maximum absolute atomic E-state index is 13.0. The second kappa shape index (κ2) is 42.8. The van der Waals surface area contributed by atoms with E-state index in [0.29, 0.717) is 35.7 Å². The lowest BCUT2D eigenvalue weighted by atomic mass is 9.59. The van der Waals surface area contributed by atoms with Gasteiger partial charge in [-0.05, 0) is 182 Å². The van der Waals surface area contributed by atoms with Crippen molar-refractivity contribution in [2.24, 2.45) is 29.2 Å². The molecule has 0 aliphatic heterocycles. The molecule has 3 fully saturated rings. The Hall–Kier alpha value is -9.43. The lowest BCUT2D eigenvalue weighted by Crippen LogP contribution is -2.57. The summed E-state index contributed by atoms with van der Waals surface area (Å²) >= 11 is 0. The predicted octanol–water partition coefficient (Wildman–Crippen LogP) is 16.2. The maximum atomic E-state index is 13.0. The number of alkyl carbamates (subject to hydrolysis) is 2. The van der Waals surface area contributed by atoms with Crippen LogP contribution >= 0.6 is 29.4 Å². The fraction of sp³-hybridized carbons (Fsp3) is 0.482. The number of aliphatic carboxylic acids is 1. The van der Waals surface area contributed by atoms with Gasteiger partial charge in [-0.1, -0.05) is 157 Å². The number of benzene rings is 6. The van der Waals surface area contributed by atoms with Crippen molar-refractivity contribution in [3.05, 3.63) is 194 Å². The van der Waals surface area contributed by atoms with E-state index in [-0.39, 0.29) is 139 Å². The van der Waals surface area contributed by atoms with E-state index in [1.54, 1.807) is 19.9 Å². The zero-order chi connectivity index (χ0) is 78.1. The molecule has 0 unspecified atom stereocenters. The predicted molar refractivity (Wildman–Crippen MR) is 424 cm³/mol. The van der Waals surface area contributed by atoms with Gasteiger partial charge in [0.1, 0.15) is 36.2 Å². The molecule has 0 radical (unpaired) electrons. The summed E-state index contributed by atoms with van der Waals surface area (Å²) in [5.41, 5.74) is 19.6. The number of rotatable bonds is 20. The van der Waals surface area contributed by atoms with Crippen molar-refractivity contribution in [1.82, 2.24) is 10.6 Å². The Morgan fingerprint density at radius 1 is 0.477 bits per heavy atom. The molecule has 12 rings (SSSR count). The molecule has 0 saturated heterocycles. The van der Waals surface area contributed by atoms with Crippen LogP contribution in [0.3, 0.4) is 0 Å². The normalized spacial score (nSPS) is 22.2. The molecule has 6 bridgehead atoms. The third-order valence-corrected chi connectivity index (χ3v) is 22.1. The molecule has 6 aliphatic rings. The number of nitro benzene ring substituents is 1. The summed E-state index contributed by atoms with van der Waals surface area (Å²) in [6, 6.07) is 41.6. The summed E-state index contributed by atoms with van der Waals surface area (Å²) < 4.78 is 42.2. The zero-order valence-corrected chi connectivity index (χ0v) is 66.6. The standard InChI is InChI=1S/C31H32N2O7.C30H37NO6.C20H27NO4.C4H9NO2.BrH.ClH/c1-31-17-7-3-6-10-23(28(31)32-29(34)38-20-21-8-4-2-5-9-21)18-22-11-14-26(19-27(22)31)40-30(35)39-25-15-12-24(13-16-25)33(36)37;1-3-35-26(32)15-16-27(33)37-24-14-13-22-18-23-12-8-5-9-17-30(2,25(22)19-24)28(23)31-29(34)36-20-21-10-6-4-7-11-21;1-20-10-4-2-3-5-14(19(20)21)11-13-6-7-15(12-16(13)20)25-18(24)9-8-17(22)23;1-2-7-4(6)3-5;;/h2,4-5,8-9,11-16,19,23,28H,3,6-7,10,17-18,20H2,1H3,(H,32,34);4,6-7,10-11,13-14,19,23,28H,3,5,8-9,12,15-18,20H2,1-2H3,(H,31,34);6-7,12,14,19H,2-5,8-11,21H2,1H3,(H,22,23);2-3,5H2,1H3;2*1H/t23-,28-,31+;23-,28-,30+;14-,19-,20+;;;/m000.../s1. The number of halogens is 2. The van der Waals surface area contributed by atoms with E-state index < -0.39 is 47.1 Å². The van der Waals surface area contributed by atoms with Gasteiger partial charge < -0.3 is 65.1 Å². The molecule has 111 heavy (non-hydrogen) atoms. The van der Waals surface area contributed by atoms with Gasteiger partial charge in [0.25, 0.3) is 5.69 Å². The highest BCUT2D eigenvalue weighted by molar-refractivity contribution is 8.93. The molecule has 24 nitrogen and oxygen atoms in total. The number of nitro groups is 1. The Morgan fingerprint density at radius 3 is 1.28 bits per heavy atom. The molecule has 9 atom stereocenters. The Kier molecular flexibility index (Phi) is 34.3. The molecule has 600 valence electrons. The zero-order valence-electron chi connectivity index (χ0n) is 64.0. The van der Waals surface area contributed by atoms with Gasteiger partial charge in [0.15, 0.2) is 0 Å². The number of non-ortho nitro benzene ring substituents is 1. The van der Waals surface area contributed by atoms with E-state index in [1.807, 2.05) is 109 Å². The van der Waals surface area contributed by atoms with Crippen molar-refractivity contribution in [2.75, 3.05) is 19.8 Å². The van der Waals surface area contributed by atoms with E-state index >= 15 is 0 Å². The summed E-state index contributed by atoms with van der Waals surface area (Å²) in [5.74, 6) is -0.230. The fourth-order valence-corrected chi connectivity index (χ4v) is 16.6. The number of carboxylic acids is 1. The summed E-state index contributed by atoms with van der Waals surface area (Å²) in [7, 11) is 0. The van der Waals surface area contributed by atoms with Gasteiger partial charge in [0.05, 0.1) is 50.4 Å². The molecule has 26 heteroatoms. The first-order valence-corrected chi connectivity index (χ1v) is 38.3. The Labute approximate surface area is 666 Å². The summed E-state index contributed by atoms with van der Waals surface area (Å²) in [4.78, 5) is 105. The van der Waals surface area contributed by atoms with Gasteiger partial charge in [-0.25, -0.2) is 14.4 Å². The van der Waals surface area contributed by atoms with E-state index in [1.165, 1.54) is 72.2 Å². The highest BCUT2D eigenvalue weighted by atomic mass is 79.9. The van der Waals surface area contributed by atoms with Crippen molar-refractivity contribution >= 4 is 83.3 Å². The molecular formula is C85H107BrClN5O19. The second-order valence-corrected chi connectivity index (χ2v) is 29.7. The van der Waals surface area contributed by atoms with Gasteiger partial charge in [0.2, 0.25) is 0 Å². The number of nitrogens with one attached hydrogen (secondary N) is 2. The topological polar surface area (TPSA) is 350 Å². The van der Waals surface area contributed by atoms with Crippen LogP contribution < -0.4 is 41.0 Å². The van der Waals surface area contributed by atoms with Crippen molar-refractivity contribution in [3.8, 4) is 23.0 Å². The molecule has 7 N–H and O–H groups in total. The highest BCUT2D eigenvalue weighted by Crippen LogP contribution is 2.51. The minimum atomic E-state index is -0.999. The fourth-order valence-electron chi connectivity index (χ4n) is 16.6. The number of nitrogens with zero attached hydrogens (tertiary/aromatic N) is 1. The van der Waals surface area contributed by atoms with E-state index in [4.69, 9.17) is 49.7 Å². The SMILES string of the molecule is Br.CCOC(=O)CCC(=O)Oc1ccc2c(c1)[C@@]1(C)CCCCC[C@@H](C2)[C@@H]1NC(=O)OCc1ccccc1.CCOC(=O)CN.C[C@@]12CCCCC[C@@H](Cc3ccc(OC(=O)CCC(=O)O)cc31)[C@@H]2N.C[C@@]12CCCCC[C@@H](Cc3ccc(OC(=O)Oc4ccc([N+](=O)[O-])cc4)cc31)[C@@H]2NC(=O)OCc1ccccc1.Cl. The largest absolute Gasteiger partial charge is 0.519 e. The average Bonchev–Trinajstić information content (AvgIpc) is 0.755. The van der Waals surface area contributed by atoms with Gasteiger partial charge >= 0.3 is 48.2 Å². The molecule has 6 aromatic carbocycles. The van der Waals surface area contributed by atoms with Crippen LogP contribution in [0.15, 0.2) is 140 Å². The number of carboxylic acid groups (broad SMARTS) is 1. The maximum Gasteiger partial charge on any atom is 0.519 e. The summed E-state index contributed by atoms with van der Waals surface area (Å²) in [6.07, 6.45) is 16.9. The van der Waals surface area contributed by atoms with E-state index in [9.17, 15) is 48.5 Å². The van der Waals surface area contributed by atoms with Crippen LogP contribution in [0.2, 0.25) is 0 Å². The molecule has 0 heterocycles. The lowest BCUT2D eigenvalue weighted by molar-refractivity contribution is -0.384. The Morgan fingerprint density at radius 2 is 0.856 bits per heavy atom. The quantitative estimate of drug-likeness (QED) is 0.0118. The number of fused-ring (bicyclic) bond motifs is 12. The molecule has 2 amide bonds. The minimum Gasteiger partial charge on any atom is -0.481 e. The van der Waals surface area contributed by atoms with Gasteiger partial charge in [-0.3, -0.25) is 34.1 Å². The number of amides is 2. The number of nitrogens with two attached hydrogens (primary N) is 2. The minimum absolute atomic E-state index is 0. The first-order valence-electron chi connectivity index (χ1n) is 38.3. The highest BCUT2D eigenvalue weighted by Gasteiger charge is 2.49.